The predicted molar refractivity (Wildman–Crippen MR) is 67.3 cm³/mol. The molecule has 2 atom stereocenters. The summed E-state index contributed by atoms with van der Waals surface area (Å²) in [5.41, 5.74) is 0.916. The third kappa shape index (κ3) is 2.91. The van der Waals surface area contributed by atoms with E-state index in [1.807, 2.05) is 6.07 Å². The molecule has 1 aromatic rings. The van der Waals surface area contributed by atoms with E-state index in [4.69, 9.17) is 9.26 Å². The molecule has 0 aromatic carbocycles. The van der Waals surface area contributed by atoms with Crippen molar-refractivity contribution in [2.75, 3.05) is 19.8 Å². The number of hydrogen-bond donors (Lipinski definition) is 1. The monoisotopic (exact) mass is 254 g/mol. The third-order valence-corrected chi connectivity index (χ3v) is 3.41. The number of aliphatic hydroxyl groups excluding tert-OH is 1. The second-order valence-electron chi connectivity index (χ2n) is 5.11. The molecule has 2 rings (SSSR count). The van der Waals surface area contributed by atoms with Gasteiger partial charge in [-0.15, -0.1) is 0 Å². The minimum absolute atomic E-state index is 0.0641. The van der Waals surface area contributed by atoms with E-state index < -0.39 is 6.10 Å². The molecule has 0 amide bonds. The average Bonchev–Trinajstić information content (AvgIpc) is 2.95. The Morgan fingerprint density at radius 2 is 2.28 bits per heavy atom. The molecule has 0 bridgehead atoms. The Bertz CT molecular complexity index is 378. The summed E-state index contributed by atoms with van der Waals surface area (Å²) in [5.74, 6) is 1.26. The first-order valence-corrected chi connectivity index (χ1v) is 6.57. The predicted octanol–water partition coefficient (Wildman–Crippen LogP) is 1.38. The van der Waals surface area contributed by atoms with E-state index in [-0.39, 0.29) is 6.04 Å². The Hall–Kier alpha value is -0.910. The van der Waals surface area contributed by atoms with Crippen molar-refractivity contribution in [3.8, 4) is 0 Å². The highest BCUT2D eigenvalue weighted by molar-refractivity contribution is 5.08. The Balaban J connectivity index is 2.00. The van der Waals surface area contributed by atoms with Gasteiger partial charge in [-0.2, -0.15) is 0 Å². The molecule has 2 heterocycles. The zero-order chi connectivity index (χ0) is 13.1. The molecule has 5 nitrogen and oxygen atoms in total. The van der Waals surface area contributed by atoms with Crippen molar-refractivity contribution in [1.29, 1.82) is 0 Å². The number of likely N-dealkylation sites (N-methyl/N-ethyl adjacent to an activating group) is 1. The first-order valence-electron chi connectivity index (χ1n) is 6.57. The number of rotatable bonds is 5. The highest BCUT2D eigenvalue weighted by atomic mass is 16.5. The maximum absolute atomic E-state index is 9.85. The normalized spacial score (nSPS) is 24.3. The summed E-state index contributed by atoms with van der Waals surface area (Å²) < 4.78 is 10.6. The molecule has 0 saturated carbocycles. The lowest BCUT2D eigenvalue weighted by molar-refractivity contribution is 0.0795. The van der Waals surface area contributed by atoms with Gasteiger partial charge in [0.1, 0.15) is 5.76 Å². The molecule has 0 unspecified atom stereocenters. The summed E-state index contributed by atoms with van der Waals surface area (Å²) in [5, 5.41) is 13.9. The molecule has 102 valence electrons. The van der Waals surface area contributed by atoms with E-state index in [0.29, 0.717) is 25.7 Å². The third-order valence-electron chi connectivity index (χ3n) is 3.41. The van der Waals surface area contributed by atoms with Gasteiger partial charge in [-0.25, -0.2) is 0 Å². The Kier molecular flexibility index (Phi) is 4.37. The van der Waals surface area contributed by atoms with Crippen molar-refractivity contribution in [3.05, 3.63) is 17.5 Å². The van der Waals surface area contributed by atoms with Crippen molar-refractivity contribution in [2.45, 2.75) is 45.4 Å². The van der Waals surface area contributed by atoms with Crippen LogP contribution in [0, 0.1) is 0 Å². The molecule has 0 radical (unpaired) electrons. The van der Waals surface area contributed by atoms with Crippen LogP contribution in [-0.2, 0) is 11.3 Å². The van der Waals surface area contributed by atoms with Gasteiger partial charge in [0, 0.05) is 18.5 Å². The Morgan fingerprint density at radius 1 is 1.50 bits per heavy atom. The van der Waals surface area contributed by atoms with E-state index in [0.717, 1.165) is 18.0 Å². The highest BCUT2D eigenvalue weighted by Crippen LogP contribution is 2.19. The van der Waals surface area contributed by atoms with Crippen molar-refractivity contribution < 1.29 is 14.4 Å². The van der Waals surface area contributed by atoms with Crippen LogP contribution in [0.2, 0.25) is 0 Å². The summed E-state index contributed by atoms with van der Waals surface area (Å²) in [6.45, 7) is 8.80. The van der Waals surface area contributed by atoms with E-state index >= 15 is 0 Å². The second-order valence-corrected chi connectivity index (χ2v) is 5.11. The van der Waals surface area contributed by atoms with Gasteiger partial charge in [-0.1, -0.05) is 25.9 Å². The van der Waals surface area contributed by atoms with Gasteiger partial charge in [0.15, 0.2) is 0 Å². The summed E-state index contributed by atoms with van der Waals surface area (Å²) in [6.07, 6.45) is -0.401. The maximum atomic E-state index is 9.85. The van der Waals surface area contributed by atoms with Gasteiger partial charge in [0.25, 0.3) is 0 Å². The zero-order valence-electron chi connectivity index (χ0n) is 11.3. The molecule has 0 aliphatic carbocycles. The Morgan fingerprint density at radius 3 is 2.78 bits per heavy atom. The maximum Gasteiger partial charge on any atom is 0.139 e. The SMILES string of the molecule is CCN(Cc1cc(C(C)C)on1)[C@H]1COC[C@@H]1O. The lowest BCUT2D eigenvalue weighted by atomic mass is 10.1. The van der Waals surface area contributed by atoms with Gasteiger partial charge in [0.05, 0.1) is 31.1 Å². The number of ether oxygens (including phenoxy) is 1. The molecular weight excluding hydrogens is 232 g/mol. The molecule has 1 saturated heterocycles. The average molecular weight is 254 g/mol. The van der Waals surface area contributed by atoms with Crippen molar-refractivity contribution in [2.24, 2.45) is 0 Å². The molecule has 0 spiro atoms. The second kappa shape index (κ2) is 5.82. The molecule has 18 heavy (non-hydrogen) atoms. The topological polar surface area (TPSA) is 58.7 Å². The molecular formula is C13H22N2O3. The van der Waals surface area contributed by atoms with Crippen molar-refractivity contribution >= 4 is 0 Å². The fourth-order valence-corrected chi connectivity index (χ4v) is 2.23. The van der Waals surface area contributed by atoms with Crippen LogP contribution < -0.4 is 0 Å². The molecule has 1 fully saturated rings. The van der Waals surface area contributed by atoms with Crippen molar-refractivity contribution in [3.63, 3.8) is 0 Å². The molecule has 1 aliphatic rings. The molecule has 5 heteroatoms. The lowest BCUT2D eigenvalue weighted by Crippen LogP contribution is -2.42. The first kappa shape index (κ1) is 13.5. The highest BCUT2D eigenvalue weighted by Gasteiger charge is 2.31. The van der Waals surface area contributed by atoms with Crippen molar-refractivity contribution in [1.82, 2.24) is 10.1 Å². The minimum atomic E-state index is -0.401. The van der Waals surface area contributed by atoms with E-state index in [9.17, 15) is 5.11 Å². The summed E-state index contributed by atoms with van der Waals surface area (Å²) in [4.78, 5) is 2.18. The van der Waals surface area contributed by atoms with Gasteiger partial charge >= 0.3 is 0 Å². The fourth-order valence-electron chi connectivity index (χ4n) is 2.23. The van der Waals surface area contributed by atoms with Crippen LogP contribution in [0.25, 0.3) is 0 Å². The van der Waals surface area contributed by atoms with E-state index in [1.165, 1.54) is 0 Å². The van der Waals surface area contributed by atoms with Crippen LogP contribution in [0.3, 0.4) is 0 Å². The van der Waals surface area contributed by atoms with Crippen LogP contribution in [0.4, 0.5) is 0 Å². The van der Waals surface area contributed by atoms with Gasteiger partial charge < -0.3 is 14.4 Å². The van der Waals surface area contributed by atoms with Crippen LogP contribution >= 0.6 is 0 Å². The number of aliphatic hydroxyl groups is 1. The standard InChI is InChI=1S/C13H22N2O3/c1-4-15(11-7-17-8-12(11)16)6-10-5-13(9(2)3)18-14-10/h5,9,11-12,16H,4,6-8H2,1-3H3/t11-,12-/m0/s1. The first-order chi connectivity index (χ1) is 8.61. The van der Waals surface area contributed by atoms with Crippen LogP contribution in [-0.4, -0.2) is 47.1 Å². The summed E-state index contributed by atoms with van der Waals surface area (Å²) >= 11 is 0. The van der Waals surface area contributed by atoms with Crippen LogP contribution in [0.1, 0.15) is 38.1 Å². The quantitative estimate of drug-likeness (QED) is 0.860. The smallest absolute Gasteiger partial charge is 0.139 e. The molecule has 1 aliphatic heterocycles. The fraction of sp³-hybridized carbons (Fsp3) is 0.769. The molecule has 1 aromatic heterocycles. The minimum Gasteiger partial charge on any atom is -0.389 e. The van der Waals surface area contributed by atoms with E-state index in [2.05, 4.69) is 30.8 Å². The zero-order valence-corrected chi connectivity index (χ0v) is 11.3. The number of nitrogens with zero attached hydrogens (tertiary/aromatic N) is 2. The largest absolute Gasteiger partial charge is 0.389 e. The lowest BCUT2D eigenvalue weighted by Gasteiger charge is -2.27. The van der Waals surface area contributed by atoms with Gasteiger partial charge in [-0.3, -0.25) is 4.90 Å². The van der Waals surface area contributed by atoms with E-state index in [1.54, 1.807) is 0 Å². The van der Waals surface area contributed by atoms with Gasteiger partial charge in [-0.05, 0) is 6.54 Å². The molecule has 1 N–H and O–H groups in total. The number of aromatic nitrogens is 1. The van der Waals surface area contributed by atoms with Crippen LogP contribution in [0.15, 0.2) is 10.6 Å². The number of hydrogen-bond acceptors (Lipinski definition) is 5. The van der Waals surface area contributed by atoms with Gasteiger partial charge in [0.2, 0.25) is 0 Å². The Labute approximate surface area is 108 Å². The summed E-state index contributed by atoms with van der Waals surface area (Å²) in [6, 6.07) is 2.06. The summed E-state index contributed by atoms with van der Waals surface area (Å²) in [7, 11) is 0. The van der Waals surface area contributed by atoms with Crippen LogP contribution in [0.5, 0.6) is 0 Å².